The van der Waals surface area contributed by atoms with E-state index in [0.29, 0.717) is 17.5 Å². The molecule has 5 rings (SSSR count). The van der Waals surface area contributed by atoms with Crippen molar-refractivity contribution in [1.82, 2.24) is 24.9 Å². The normalized spacial score (nSPS) is 19.9. The molecule has 3 aromatic rings. The van der Waals surface area contributed by atoms with Crippen molar-refractivity contribution in [2.45, 2.75) is 32.2 Å². The Bertz CT molecular complexity index is 1080. The van der Waals surface area contributed by atoms with Crippen LogP contribution in [0.15, 0.2) is 36.8 Å². The highest BCUT2D eigenvalue weighted by Gasteiger charge is 2.44. The summed E-state index contributed by atoms with van der Waals surface area (Å²) in [7, 11) is 0. The van der Waals surface area contributed by atoms with Gasteiger partial charge in [-0.3, -0.25) is 0 Å². The molecule has 2 aliphatic rings. The zero-order valence-corrected chi connectivity index (χ0v) is 16.8. The summed E-state index contributed by atoms with van der Waals surface area (Å²) in [6, 6.07) is 5.70. The summed E-state index contributed by atoms with van der Waals surface area (Å²) in [6.07, 6.45) is 5.94. The fourth-order valence-corrected chi connectivity index (χ4v) is 4.07. The van der Waals surface area contributed by atoms with Crippen LogP contribution < -0.4 is 9.80 Å². The van der Waals surface area contributed by atoms with E-state index in [0.717, 1.165) is 35.6 Å². The molecule has 0 radical (unpaired) electrons. The van der Waals surface area contributed by atoms with Gasteiger partial charge in [0.1, 0.15) is 5.82 Å². The molecule has 7 nitrogen and oxygen atoms in total. The van der Waals surface area contributed by atoms with Crippen LogP contribution in [-0.4, -0.2) is 50.5 Å². The monoisotopic (exact) mass is 409 g/mol. The molecule has 3 aromatic heterocycles. The second-order valence-corrected chi connectivity index (χ2v) is 7.82. The average molecular weight is 409 g/mol. The topological polar surface area (TPSA) is 70.9 Å². The van der Waals surface area contributed by atoms with E-state index in [1.165, 1.54) is 0 Å². The highest BCUT2D eigenvalue weighted by molar-refractivity contribution is 5.60. The van der Waals surface area contributed by atoms with Crippen LogP contribution >= 0.6 is 0 Å². The first-order valence-corrected chi connectivity index (χ1v) is 9.91. The standard InChI is InChI=1S/C21H21F2N7/c1-13-8-15(9-18(27-13)29-11-21(22,23)12-29)30-7-4-17-16(14(30)2)10-26-20(28-17)19-24-5-3-6-25-19/h3,5-6,8-10,14H,4,7,11-12H2,1-2H3. The second-order valence-electron chi connectivity index (χ2n) is 7.82. The van der Waals surface area contributed by atoms with E-state index in [4.69, 9.17) is 4.98 Å². The van der Waals surface area contributed by atoms with Crippen molar-refractivity contribution in [2.24, 2.45) is 0 Å². The Morgan fingerprint density at radius 2 is 1.80 bits per heavy atom. The number of aryl methyl sites for hydroxylation is 1. The maximum Gasteiger partial charge on any atom is 0.282 e. The van der Waals surface area contributed by atoms with Crippen LogP contribution in [0.1, 0.15) is 29.9 Å². The zero-order valence-electron chi connectivity index (χ0n) is 16.8. The first-order valence-electron chi connectivity index (χ1n) is 9.91. The minimum absolute atomic E-state index is 0.0481. The fourth-order valence-electron chi connectivity index (χ4n) is 4.07. The number of fused-ring (bicyclic) bond motifs is 1. The summed E-state index contributed by atoms with van der Waals surface area (Å²) < 4.78 is 26.6. The smallest absolute Gasteiger partial charge is 0.282 e. The van der Waals surface area contributed by atoms with Crippen LogP contribution in [-0.2, 0) is 6.42 Å². The molecule has 0 saturated carbocycles. The van der Waals surface area contributed by atoms with Crippen molar-refractivity contribution < 1.29 is 8.78 Å². The number of hydrogen-bond acceptors (Lipinski definition) is 7. The summed E-state index contributed by atoms with van der Waals surface area (Å²) in [6.45, 7) is 4.20. The SMILES string of the molecule is Cc1cc(N2CCc3nc(-c4ncccn4)ncc3C2C)cc(N2CC(F)(F)C2)n1. The predicted octanol–water partition coefficient (Wildman–Crippen LogP) is 3.22. The summed E-state index contributed by atoms with van der Waals surface area (Å²) in [5.74, 6) is -0.992. The van der Waals surface area contributed by atoms with E-state index in [1.54, 1.807) is 23.4 Å². The van der Waals surface area contributed by atoms with E-state index in [9.17, 15) is 8.78 Å². The molecule has 2 aliphatic heterocycles. The highest BCUT2D eigenvalue weighted by atomic mass is 19.3. The van der Waals surface area contributed by atoms with Crippen LogP contribution in [0.2, 0.25) is 0 Å². The molecule has 5 heterocycles. The Morgan fingerprint density at radius 1 is 1.03 bits per heavy atom. The Morgan fingerprint density at radius 3 is 2.53 bits per heavy atom. The van der Waals surface area contributed by atoms with Gasteiger partial charge < -0.3 is 9.80 Å². The molecule has 0 aliphatic carbocycles. The first kappa shape index (κ1) is 18.8. The summed E-state index contributed by atoms with van der Waals surface area (Å²) >= 11 is 0. The molecular formula is C21H21F2N7. The van der Waals surface area contributed by atoms with Gasteiger partial charge in [-0.2, -0.15) is 0 Å². The van der Waals surface area contributed by atoms with Crippen LogP contribution in [0.25, 0.3) is 11.6 Å². The number of aromatic nitrogens is 5. The maximum absolute atomic E-state index is 13.3. The van der Waals surface area contributed by atoms with Crippen molar-refractivity contribution in [1.29, 1.82) is 0 Å². The molecule has 1 saturated heterocycles. The molecular weight excluding hydrogens is 388 g/mol. The molecule has 0 spiro atoms. The Balaban J connectivity index is 1.43. The van der Waals surface area contributed by atoms with E-state index < -0.39 is 5.92 Å². The minimum atomic E-state index is -2.62. The summed E-state index contributed by atoms with van der Waals surface area (Å²) in [5, 5.41) is 0. The van der Waals surface area contributed by atoms with Crippen molar-refractivity contribution in [2.75, 3.05) is 29.4 Å². The van der Waals surface area contributed by atoms with Crippen molar-refractivity contribution in [3.8, 4) is 11.6 Å². The first-order chi connectivity index (χ1) is 14.4. The predicted molar refractivity (Wildman–Crippen MR) is 109 cm³/mol. The third-order valence-electron chi connectivity index (χ3n) is 5.60. The average Bonchev–Trinajstić information content (AvgIpc) is 2.72. The van der Waals surface area contributed by atoms with E-state index in [2.05, 4.69) is 31.8 Å². The highest BCUT2D eigenvalue weighted by Crippen LogP contribution is 2.37. The van der Waals surface area contributed by atoms with Gasteiger partial charge >= 0.3 is 0 Å². The number of hydrogen-bond donors (Lipinski definition) is 0. The number of rotatable bonds is 3. The number of anilines is 2. The van der Waals surface area contributed by atoms with Crippen LogP contribution in [0.3, 0.4) is 0 Å². The maximum atomic E-state index is 13.3. The van der Waals surface area contributed by atoms with Crippen molar-refractivity contribution >= 4 is 11.5 Å². The molecule has 154 valence electrons. The van der Waals surface area contributed by atoms with Gasteiger partial charge in [-0.05, 0) is 26.0 Å². The van der Waals surface area contributed by atoms with Crippen LogP contribution in [0.4, 0.5) is 20.3 Å². The van der Waals surface area contributed by atoms with Gasteiger partial charge in [0.25, 0.3) is 5.92 Å². The van der Waals surface area contributed by atoms with Gasteiger partial charge in [-0.1, -0.05) is 0 Å². The molecule has 0 N–H and O–H groups in total. The number of pyridine rings is 1. The van der Waals surface area contributed by atoms with Crippen LogP contribution in [0, 0.1) is 6.92 Å². The number of nitrogens with zero attached hydrogens (tertiary/aromatic N) is 7. The largest absolute Gasteiger partial charge is 0.364 e. The van der Waals surface area contributed by atoms with Crippen molar-refractivity contribution in [3.05, 3.63) is 53.7 Å². The molecule has 1 atom stereocenters. The van der Waals surface area contributed by atoms with Crippen molar-refractivity contribution in [3.63, 3.8) is 0 Å². The van der Waals surface area contributed by atoms with E-state index >= 15 is 0 Å². The number of alkyl halides is 2. The Labute approximate surface area is 172 Å². The summed E-state index contributed by atoms with van der Waals surface area (Å²) in [5.41, 5.74) is 3.82. The lowest BCUT2D eigenvalue weighted by Gasteiger charge is -2.41. The van der Waals surface area contributed by atoms with Gasteiger partial charge in [0.05, 0.1) is 24.8 Å². The molecule has 30 heavy (non-hydrogen) atoms. The van der Waals surface area contributed by atoms with Gasteiger partial charge in [0, 0.05) is 54.6 Å². The number of halogens is 2. The van der Waals surface area contributed by atoms with Gasteiger partial charge in [-0.15, -0.1) is 0 Å². The summed E-state index contributed by atoms with van der Waals surface area (Å²) in [4.78, 5) is 26.0. The molecule has 1 fully saturated rings. The zero-order chi connectivity index (χ0) is 20.9. The molecule has 0 aromatic carbocycles. The quantitative estimate of drug-likeness (QED) is 0.658. The lowest BCUT2D eigenvalue weighted by atomic mass is 9.98. The lowest BCUT2D eigenvalue weighted by Crippen LogP contribution is -2.56. The van der Waals surface area contributed by atoms with Gasteiger partial charge in [0.2, 0.25) is 0 Å². The third kappa shape index (κ3) is 3.34. The van der Waals surface area contributed by atoms with Gasteiger partial charge in [0.15, 0.2) is 11.6 Å². The fraction of sp³-hybridized carbons (Fsp3) is 0.381. The molecule has 1 unspecified atom stereocenters. The second kappa shape index (κ2) is 6.93. The van der Waals surface area contributed by atoms with Crippen LogP contribution in [0.5, 0.6) is 0 Å². The Kier molecular flexibility index (Phi) is 4.34. The van der Waals surface area contributed by atoms with Gasteiger partial charge in [-0.25, -0.2) is 33.7 Å². The van der Waals surface area contributed by atoms with E-state index in [-0.39, 0.29) is 19.1 Å². The van der Waals surface area contributed by atoms with E-state index in [1.807, 2.05) is 25.3 Å². The lowest BCUT2D eigenvalue weighted by molar-refractivity contribution is -0.0267. The Hall–Kier alpha value is -3.23. The molecule has 0 amide bonds. The minimum Gasteiger partial charge on any atom is -0.364 e. The molecule has 9 heteroatoms. The molecule has 0 bridgehead atoms. The third-order valence-corrected chi connectivity index (χ3v) is 5.60.